The van der Waals surface area contributed by atoms with Crippen LogP contribution >= 0.6 is 0 Å². The van der Waals surface area contributed by atoms with E-state index in [1.54, 1.807) is 0 Å². The molecule has 0 saturated carbocycles. The van der Waals surface area contributed by atoms with Gasteiger partial charge in [0.15, 0.2) is 5.82 Å². The molecule has 2 heterocycles. The molecular weight excluding hydrogens is 364 g/mol. The van der Waals surface area contributed by atoms with Gasteiger partial charge in [0.1, 0.15) is 5.82 Å². The number of aromatic nitrogens is 2. The minimum Gasteiger partial charge on any atom is -0.378 e. The average Bonchev–Trinajstić information content (AvgIpc) is 2.78. The number of hydrogen-bond donors (Lipinski definition) is 1. The monoisotopic (exact) mass is 388 g/mol. The van der Waals surface area contributed by atoms with E-state index < -0.39 is 0 Å². The molecule has 1 aliphatic heterocycles. The topological polar surface area (TPSA) is 67.4 Å². The lowest BCUT2D eigenvalue weighted by Gasteiger charge is -2.26. The lowest BCUT2D eigenvalue weighted by molar-refractivity contribution is 0.0303. The first-order chi connectivity index (χ1) is 14.1. The molecule has 6 heteroatoms. The van der Waals surface area contributed by atoms with Crippen molar-refractivity contribution < 1.29 is 9.53 Å². The van der Waals surface area contributed by atoms with Gasteiger partial charge in [-0.05, 0) is 38.1 Å². The third kappa shape index (κ3) is 4.27. The maximum absolute atomic E-state index is 12.6. The number of aryl methyl sites for hydroxylation is 1. The molecule has 1 N–H and O–H groups in total. The summed E-state index contributed by atoms with van der Waals surface area (Å²) < 4.78 is 5.32. The van der Waals surface area contributed by atoms with Gasteiger partial charge in [-0.25, -0.2) is 9.97 Å². The normalized spacial score (nSPS) is 13.9. The van der Waals surface area contributed by atoms with Crippen molar-refractivity contribution in [2.45, 2.75) is 13.8 Å². The zero-order chi connectivity index (χ0) is 20.2. The van der Waals surface area contributed by atoms with Gasteiger partial charge >= 0.3 is 0 Å². The smallest absolute Gasteiger partial charge is 0.254 e. The van der Waals surface area contributed by atoms with Crippen LogP contribution in [0.15, 0.2) is 54.6 Å². The Balaban J connectivity index is 1.54. The first-order valence-corrected chi connectivity index (χ1v) is 9.76. The number of ether oxygens (including phenoxy) is 1. The van der Waals surface area contributed by atoms with E-state index >= 15 is 0 Å². The summed E-state index contributed by atoms with van der Waals surface area (Å²) in [5.74, 6) is 1.50. The summed E-state index contributed by atoms with van der Waals surface area (Å²) in [6, 6.07) is 17.4. The van der Waals surface area contributed by atoms with Gasteiger partial charge in [0, 0.05) is 41.2 Å². The van der Waals surface area contributed by atoms with Crippen molar-refractivity contribution in [1.29, 1.82) is 0 Å². The van der Waals surface area contributed by atoms with Crippen molar-refractivity contribution in [3.63, 3.8) is 0 Å². The number of anilines is 2. The summed E-state index contributed by atoms with van der Waals surface area (Å²) in [4.78, 5) is 23.8. The van der Waals surface area contributed by atoms with Crippen LogP contribution in [0.1, 0.15) is 21.6 Å². The highest BCUT2D eigenvalue weighted by atomic mass is 16.5. The Morgan fingerprint density at radius 2 is 1.66 bits per heavy atom. The molecule has 3 aromatic rings. The number of nitrogens with zero attached hydrogens (tertiary/aromatic N) is 3. The van der Waals surface area contributed by atoms with E-state index in [0.717, 1.165) is 28.3 Å². The van der Waals surface area contributed by atoms with E-state index in [0.29, 0.717) is 37.7 Å². The minimum atomic E-state index is 0.0419. The number of rotatable bonds is 4. The van der Waals surface area contributed by atoms with Crippen molar-refractivity contribution in [2.75, 3.05) is 31.6 Å². The van der Waals surface area contributed by atoms with Crippen LogP contribution in [0.2, 0.25) is 0 Å². The first kappa shape index (κ1) is 19.1. The summed E-state index contributed by atoms with van der Waals surface area (Å²) in [5.41, 5.74) is 4.46. The van der Waals surface area contributed by atoms with E-state index in [-0.39, 0.29) is 5.91 Å². The Bertz CT molecular complexity index is 997. The molecule has 1 aromatic heterocycles. The van der Waals surface area contributed by atoms with E-state index in [1.165, 1.54) is 0 Å². The van der Waals surface area contributed by atoms with Crippen LogP contribution in [0, 0.1) is 13.8 Å². The van der Waals surface area contributed by atoms with Crippen molar-refractivity contribution in [3.05, 3.63) is 71.4 Å². The van der Waals surface area contributed by atoms with Crippen LogP contribution in [0.3, 0.4) is 0 Å². The van der Waals surface area contributed by atoms with E-state index in [2.05, 4.69) is 10.3 Å². The van der Waals surface area contributed by atoms with Crippen LogP contribution in [-0.2, 0) is 4.74 Å². The zero-order valence-corrected chi connectivity index (χ0v) is 16.7. The number of morpholine rings is 1. The van der Waals surface area contributed by atoms with Crippen molar-refractivity contribution in [3.8, 4) is 11.4 Å². The lowest BCUT2D eigenvalue weighted by atomic mass is 10.1. The van der Waals surface area contributed by atoms with Gasteiger partial charge in [-0.3, -0.25) is 4.79 Å². The Kier molecular flexibility index (Phi) is 5.53. The summed E-state index contributed by atoms with van der Waals surface area (Å²) in [6.45, 7) is 6.46. The molecule has 1 amide bonds. The summed E-state index contributed by atoms with van der Waals surface area (Å²) >= 11 is 0. The van der Waals surface area contributed by atoms with Crippen LogP contribution in [0.25, 0.3) is 11.4 Å². The Labute approximate surface area is 170 Å². The highest BCUT2D eigenvalue weighted by molar-refractivity contribution is 5.94. The molecule has 1 fully saturated rings. The predicted octanol–water partition coefficient (Wildman–Crippen LogP) is 3.98. The molecule has 0 bridgehead atoms. The fraction of sp³-hybridized carbons (Fsp3) is 0.261. The molecule has 4 rings (SSSR count). The molecule has 0 atom stereocenters. The van der Waals surface area contributed by atoms with Crippen molar-refractivity contribution in [2.24, 2.45) is 0 Å². The van der Waals surface area contributed by atoms with Gasteiger partial charge in [0.25, 0.3) is 5.91 Å². The largest absolute Gasteiger partial charge is 0.378 e. The van der Waals surface area contributed by atoms with E-state index in [1.807, 2.05) is 73.3 Å². The molecule has 1 saturated heterocycles. The molecule has 0 spiro atoms. The molecular formula is C23H24N4O2. The van der Waals surface area contributed by atoms with Crippen LogP contribution in [-0.4, -0.2) is 47.1 Å². The van der Waals surface area contributed by atoms with Gasteiger partial charge in [-0.15, -0.1) is 0 Å². The number of carbonyl (C=O) groups is 1. The fourth-order valence-corrected chi connectivity index (χ4v) is 3.25. The molecule has 2 aromatic carbocycles. The average molecular weight is 388 g/mol. The number of benzene rings is 2. The predicted molar refractivity (Wildman–Crippen MR) is 113 cm³/mol. The molecule has 29 heavy (non-hydrogen) atoms. The maximum Gasteiger partial charge on any atom is 0.254 e. The molecule has 0 aliphatic carbocycles. The Hall–Kier alpha value is -3.25. The Morgan fingerprint density at radius 3 is 2.34 bits per heavy atom. The van der Waals surface area contributed by atoms with Crippen LogP contribution in [0.4, 0.5) is 11.5 Å². The number of carbonyl (C=O) groups excluding carboxylic acids is 1. The number of nitrogens with one attached hydrogen (secondary N) is 1. The van der Waals surface area contributed by atoms with Crippen molar-refractivity contribution in [1.82, 2.24) is 14.9 Å². The molecule has 1 aliphatic rings. The molecule has 6 nitrogen and oxygen atoms in total. The van der Waals surface area contributed by atoms with E-state index in [4.69, 9.17) is 9.72 Å². The lowest BCUT2D eigenvalue weighted by Crippen LogP contribution is -2.40. The molecule has 148 valence electrons. The van der Waals surface area contributed by atoms with Crippen LogP contribution in [0.5, 0.6) is 0 Å². The quantitative estimate of drug-likeness (QED) is 0.732. The number of amides is 1. The standard InChI is InChI=1S/C23H24N4O2/c1-16-17(2)24-22(18-6-4-3-5-7-18)26-21(16)25-20-10-8-19(9-11-20)23(28)27-12-14-29-15-13-27/h3-11H,12-15H2,1-2H3,(H,24,25,26). The zero-order valence-electron chi connectivity index (χ0n) is 16.7. The maximum atomic E-state index is 12.6. The van der Waals surface area contributed by atoms with Gasteiger partial charge in [-0.2, -0.15) is 0 Å². The fourth-order valence-electron chi connectivity index (χ4n) is 3.25. The second-order valence-corrected chi connectivity index (χ2v) is 7.08. The highest BCUT2D eigenvalue weighted by Gasteiger charge is 2.18. The summed E-state index contributed by atoms with van der Waals surface area (Å²) in [5, 5.41) is 3.37. The van der Waals surface area contributed by atoms with Gasteiger partial charge < -0.3 is 15.0 Å². The van der Waals surface area contributed by atoms with Crippen molar-refractivity contribution >= 4 is 17.4 Å². The number of hydrogen-bond acceptors (Lipinski definition) is 5. The second-order valence-electron chi connectivity index (χ2n) is 7.08. The third-order valence-corrected chi connectivity index (χ3v) is 5.11. The second kappa shape index (κ2) is 8.41. The van der Waals surface area contributed by atoms with Gasteiger partial charge in [-0.1, -0.05) is 30.3 Å². The summed E-state index contributed by atoms with van der Waals surface area (Å²) in [6.07, 6.45) is 0. The summed E-state index contributed by atoms with van der Waals surface area (Å²) in [7, 11) is 0. The molecule has 0 unspecified atom stereocenters. The van der Waals surface area contributed by atoms with E-state index in [9.17, 15) is 4.79 Å². The van der Waals surface area contributed by atoms with Crippen LogP contribution < -0.4 is 5.32 Å². The molecule has 0 radical (unpaired) electrons. The third-order valence-electron chi connectivity index (χ3n) is 5.11. The SMILES string of the molecule is Cc1nc(-c2ccccc2)nc(Nc2ccc(C(=O)N3CCOCC3)cc2)c1C. The van der Waals surface area contributed by atoms with Gasteiger partial charge in [0.05, 0.1) is 13.2 Å². The highest BCUT2D eigenvalue weighted by Crippen LogP contribution is 2.24. The van der Waals surface area contributed by atoms with Gasteiger partial charge in [0.2, 0.25) is 0 Å². The Morgan fingerprint density at radius 1 is 0.966 bits per heavy atom. The first-order valence-electron chi connectivity index (χ1n) is 9.76. The minimum absolute atomic E-state index is 0.0419.